The SMILES string of the molecule is CN(C)[C@@H]1CCCN(C(=O)NCc2nc3cc(C(F)(F)F)ccc3n2C)C1. The lowest BCUT2D eigenvalue weighted by atomic mass is 10.1. The summed E-state index contributed by atoms with van der Waals surface area (Å²) < 4.78 is 40.3. The van der Waals surface area contributed by atoms with Gasteiger partial charge in [-0.25, -0.2) is 9.78 Å². The molecule has 0 saturated carbocycles. The van der Waals surface area contributed by atoms with Gasteiger partial charge in [0.05, 0.1) is 23.1 Å². The summed E-state index contributed by atoms with van der Waals surface area (Å²) in [5, 5.41) is 2.84. The lowest BCUT2D eigenvalue weighted by Gasteiger charge is -2.36. The van der Waals surface area contributed by atoms with Crippen LogP contribution in [0.5, 0.6) is 0 Å². The number of carbonyl (C=O) groups excluding carboxylic acids is 1. The Bertz CT molecular complexity index is 830. The van der Waals surface area contributed by atoms with Crippen molar-refractivity contribution in [3.8, 4) is 0 Å². The van der Waals surface area contributed by atoms with Crippen molar-refractivity contribution in [3.63, 3.8) is 0 Å². The van der Waals surface area contributed by atoms with Crippen LogP contribution in [0.4, 0.5) is 18.0 Å². The Labute approximate surface area is 155 Å². The van der Waals surface area contributed by atoms with Crippen LogP contribution in [0.1, 0.15) is 24.2 Å². The number of hydrogen-bond acceptors (Lipinski definition) is 3. The molecule has 0 radical (unpaired) electrons. The summed E-state index contributed by atoms with van der Waals surface area (Å²) in [7, 11) is 5.73. The fraction of sp³-hybridized carbons (Fsp3) is 0.556. The summed E-state index contributed by atoms with van der Waals surface area (Å²) in [6, 6.07) is 3.64. The molecule has 1 saturated heterocycles. The van der Waals surface area contributed by atoms with E-state index in [1.54, 1.807) is 16.5 Å². The summed E-state index contributed by atoms with van der Waals surface area (Å²) in [6.07, 6.45) is -2.40. The number of carbonyl (C=O) groups is 1. The van der Waals surface area contributed by atoms with Crippen LogP contribution in [0.15, 0.2) is 18.2 Å². The van der Waals surface area contributed by atoms with E-state index >= 15 is 0 Å². The molecule has 1 fully saturated rings. The van der Waals surface area contributed by atoms with Crippen molar-refractivity contribution in [2.75, 3.05) is 27.2 Å². The highest BCUT2D eigenvalue weighted by Crippen LogP contribution is 2.31. The lowest BCUT2D eigenvalue weighted by molar-refractivity contribution is -0.137. The molecule has 27 heavy (non-hydrogen) atoms. The third-order valence-corrected chi connectivity index (χ3v) is 5.11. The third kappa shape index (κ3) is 4.18. The number of piperidine rings is 1. The van der Waals surface area contributed by atoms with Crippen LogP contribution in [-0.2, 0) is 19.8 Å². The monoisotopic (exact) mass is 383 g/mol. The highest BCUT2D eigenvalue weighted by Gasteiger charge is 2.31. The molecule has 0 aliphatic carbocycles. The third-order valence-electron chi connectivity index (χ3n) is 5.11. The van der Waals surface area contributed by atoms with Gasteiger partial charge in [-0.1, -0.05) is 0 Å². The number of likely N-dealkylation sites (tertiary alicyclic amines) is 1. The topological polar surface area (TPSA) is 53.4 Å². The average molecular weight is 383 g/mol. The number of fused-ring (bicyclic) bond motifs is 1. The van der Waals surface area contributed by atoms with Crippen molar-refractivity contribution in [2.45, 2.75) is 31.6 Å². The quantitative estimate of drug-likeness (QED) is 0.887. The van der Waals surface area contributed by atoms with E-state index < -0.39 is 11.7 Å². The number of hydrogen-bond donors (Lipinski definition) is 1. The molecule has 1 N–H and O–H groups in total. The van der Waals surface area contributed by atoms with E-state index in [1.807, 2.05) is 14.1 Å². The van der Waals surface area contributed by atoms with E-state index in [0.29, 0.717) is 30.5 Å². The van der Waals surface area contributed by atoms with E-state index in [9.17, 15) is 18.0 Å². The Balaban J connectivity index is 1.69. The molecular formula is C18H24F3N5O. The molecule has 2 aromatic rings. The number of aryl methyl sites for hydroxylation is 1. The van der Waals surface area contributed by atoms with Gasteiger partial charge in [-0.15, -0.1) is 0 Å². The first-order valence-corrected chi connectivity index (χ1v) is 8.88. The maximum Gasteiger partial charge on any atom is 0.416 e. The summed E-state index contributed by atoms with van der Waals surface area (Å²) in [6.45, 7) is 1.53. The van der Waals surface area contributed by atoms with Gasteiger partial charge in [-0.05, 0) is 45.1 Å². The van der Waals surface area contributed by atoms with E-state index in [4.69, 9.17) is 0 Å². The zero-order valence-electron chi connectivity index (χ0n) is 15.7. The zero-order valence-corrected chi connectivity index (χ0v) is 15.7. The Morgan fingerprint density at radius 3 is 2.78 bits per heavy atom. The number of aromatic nitrogens is 2. The van der Waals surface area contributed by atoms with Gasteiger partial charge in [0.2, 0.25) is 0 Å². The first-order chi connectivity index (χ1) is 12.7. The molecule has 0 spiro atoms. The van der Waals surface area contributed by atoms with Crippen molar-refractivity contribution < 1.29 is 18.0 Å². The second-order valence-corrected chi connectivity index (χ2v) is 7.15. The van der Waals surface area contributed by atoms with Gasteiger partial charge < -0.3 is 19.7 Å². The van der Waals surface area contributed by atoms with Crippen molar-refractivity contribution in [3.05, 3.63) is 29.6 Å². The van der Waals surface area contributed by atoms with Gasteiger partial charge in [0.1, 0.15) is 5.82 Å². The number of imidazole rings is 1. The predicted molar refractivity (Wildman–Crippen MR) is 96.2 cm³/mol. The van der Waals surface area contributed by atoms with Gasteiger partial charge >= 0.3 is 12.2 Å². The molecule has 1 atom stereocenters. The zero-order chi connectivity index (χ0) is 19.8. The van der Waals surface area contributed by atoms with Crippen LogP contribution in [0.3, 0.4) is 0 Å². The standard InChI is InChI=1S/C18H24F3N5O/c1-24(2)13-5-4-8-26(11-13)17(27)22-10-16-23-14-9-12(18(19,20)21)6-7-15(14)25(16)3/h6-7,9,13H,4-5,8,10-11H2,1-3H3,(H,22,27)/t13-/m1/s1. The minimum atomic E-state index is -4.41. The van der Waals surface area contributed by atoms with Gasteiger partial charge in [0.25, 0.3) is 0 Å². The maximum absolute atomic E-state index is 12.9. The van der Waals surface area contributed by atoms with E-state index in [0.717, 1.165) is 25.0 Å². The summed E-state index contributed by atoms with van der Waals surface area (Å²) in [5.41, 5.74) is 0.131. The number of alkyl halides is 3. The van der Waals surface area contributed by atoms with Crippen LogP contribution in [0, 0.1) is 0 Å². The van der Waals surface area contributed by atoms with Crippen LogP contribution in [0.25, 0.3) is 11.0 Å². The highest BCUT2D eigenvalue weighted by atomic mass is 19.4. The fourth-order valence-electron chi connectivity index (χ4n) is 3.41. The highest BCUT2D eigenvalue weighted by molar-refractivity contribution is 5.77. The number of halogens is 3. The van der Waals surface area contributed by atoms with Crippen molar-refractivity contribution >= 4 is 17.1 Å². The number of nitrogens with zero attached hydrogens (tertiary/aromatic N) is 4. The minimum Gasteiger partial charge on any atom is -0.331 e. The second-order valence-electron chi connectivity index (χ2n) is 7.15. The molecule has 2 heterocycles. The van der Waals surface area contributed by atoms with Crippen LogP contribution in [0.2, 0.25) is 0 Å². The molecule has 0 bridgehead atoms. The number of rotatable bonds is 3. The van der Waals surface area contributed by atoms with Crippen molar-refractivity contribution in [2.24, 2.45) is 7.05 Å². The number of urea groups is 1. The van der Waals surface area contributed by atoms with Crippen LogP contribution in [-0.4, -0.2) is 58.6 Å². The van der Waals surface area contributed by atoms with Gasteiger partial charge in [0.15, 0.2) is 0 Å². The van der Waals surface area contributed by atoms with E-state index in [1.165, 1.54) is 6.07 Å². The molecule has 1 aromatic heterocycles. The summed E-state index contributed by atoms with van der Waals surface area (Å²) in [4.78, 5) is 20.6. The Morgan fingerprint density at radius 2 is 2.11 bits per heavy atom. The van der Waals surface area contributed by atoms with E-state index in [-0.39, 0.29) is 18.1 Å². The van der Waals surface area contributed by atoms with Gasteiger partial charge in [0, 0.05) is 26.2 Å². The number of benzene rings is 1. The normalized spacial score (nSPS) is 18.3. The van der Waals surface area contributed by atoms with Crippen LogP contribution >= 0.6 is 0 Å². The Morgan fingerprint density at radius 1 is 1.37 bits per heavy atom. The summed E-state index contributed by atoms with van der Waals surface area (Å²) >= 11 is 0. The second kappa shape index (κ2) is 7.38. The number of nitrogens with one attached hydrogen (secondary N) is 1. The molecular weight excluding hydrogens is 359 g/mol. The molecule has 9 heteroatoms. The van der Waals surface area contributed by atoms with E-state index in [2.05, 4.69) is 15.2 Å². The first-order valence-electron chi connectivity index (χ1n) is 8.88. The number of likely N-dealkylation sites (N-methyl/N-ethyl adjacent to an activating group) is 1. The molecule has 148 valence electrons. The minimum absolute atomic E-state index is 0.161. The number of amides is 2. The first kappa shape index (κ1) is 19.5. The van der Waals surface area contributed by atoms with Crippen LogP contribution < -0.4 is 5.32 Å². The molecule has 3 rings (SSSR count). The average Bonchev–Trinajstić information content (AvgIpc) is 2.94. The van der Waals surface area contributed by atoms with Crippen molar-refractivity contribution in [1.29, 1.82) is 0 Å². The molecule has 1 aromatic carbocycles. The van der Waals surface area contributed by atoms with Gasteiger partial charge in [-0.2, -0.15) is 13.2 Å². The lowest BCUT2D eigenvalue weighted by Crippen LogP contribution is -2.50. The molecule has 6 nitrogen and oxygen atoms in total. The largest absolute Gasteiger partial charge is 0.416 e. The molecule has 1 aliphatic rings. The Kier molecular flexibility index (Phi) is 5.32. The molecule has 1 aliphatic heterocycles. The Hall–Kier alpha value is -2.29. The predicted octanol–water partition coefficient (Wildman–Crippen LogP) is 2.83. The summed E-state index contributed by atoms with van der Waals surface area (Å²) in [5.74, 6) is 0.513. The van der Waals surface area contributed by atoms with Gasteiger partial charge in [-0.3, -0.25) is 0 Å². The maximum atomic E-state index is 12.9. The fourth-order valence-corrected chi connectivity index (χ4v) is 3.41. The molecule has 2 amide bonds. The van der Waals surface area contributed by atoms with Crippen molar-refractivity contribution in [1.82, 2.24) is 24.7 Å². The smallest absolute Gasteiger partial charge is 0.331 e. The molecule has 0 unspecified atom stereocenters.